The minimum absolute atomic E-state index is 0.214. The first-order valence-corrected chi connectivity index (χ1v) is 10.7. The molecule has 6 rings (SSSR count). The van der Waals surface area contributed by atoms with Crippen LogP contribution in [0.1, 0.15) is 43.4 Å². The van der Waals surface area contributed by atoms with Crippen molar-refractivity contribution < 1.29 is 0 Å². The van der Waals surface area contributed by atoms with E-state index in [4.69, 9.17) is 5.73 Å². The summed E-state index contributed by atoms with van der Waals surface area (Å²) in [4.78, 5) is 10.2. The quantitative estimate of drug-likeness (QED) is 0.713. The van der Waals surface area contributed by atoms with Crippen molar-refractivity contribution in [2.24, 2.45) is 17.8 Å². The summed E-state index contributed by atoms with van der Waals surface area (Å²) >= 11 is 1.79. The van der Waals surface area contributed by atoms with Crippen LogP contribution in [0.5, 0.6) is 0 Å². The predicted molar refractivity (Wildman–Crippen MR) is 107 cm³/mol. The third-order valence-corrected chi connectivity index (χ3v) is 7.49. The minimum Gasteiger partial charge on any atom is -0.393 e. The van der Waals surface area contributed by atoms with E-state index in [0.717, 1.165) is 42.4 Å². The standard InChI is InChI=1S/C20H27N5S/c21-17-18(22-4-3-16-2-1-5-26-16)23-12-24-19(17)25-20-9-13-6-14(10-20)8-15(7-13)11-20/h1-2,5,12-15H,3-4,6-11,21H2,(H2,22,23,24,25). The van der Waals surface area contributed by atoms with Crippen molar-refractivity contribution in [1.29, 1.82) is 0 Å². The summed E-state index contributed by atoms with van der Waals surface area (Å²) in [5, 5.41) is 9.29. The summed E-state index contributed by atoms with van der Waals surface area (Å²) in [7, 11) is 0. The van der Waals surface area contributed by atoms with E-state index in [1.807, 2.05) is 0 Å². The van der Waals surface area contributed by atoms with Gasteiger partial charge in [0.05, 0.1) is 0 Å². The summed E-state index contributed by atoms with van der Waals surface area (Å²) in [6.07, 6.45) is 10.8. The highest BCUT2D eigenvalue weighted by molar-refractivity contribution is 7.09. The second kappa shape index (κ2) is 6.41. The minimum atomic E-state index is 0.214. The summed E-state index contributed by atoms with van der Waals surface area (Å²) in [5.41, 5.74) is 7.30. The maximum Gasteiger partial charge on any atom is 0.155 e. The summed E-state index contributed by atoms with van der Waals surface area (Å²) < 4.78 is 0. The highest BCUT2D eigenvalue weighted by atomic mass is 32.1. The van der Waals surface area contributed by atoms with Crippen LogP contribution < -0.4 is 16.4 Å². The summed E-state index contributed by atoms with van der Waals surface area (Å²) in [6.45, 7) is 0.832. The van der Waals surface area contributed by atoms with E-state index in [9.17, 15) is 0 Å². The molecule has 4 N–H and O–H groups in total. The van der Waals surface area contributed by atoms with Gasteiger partial charge in [-0.15, -0.1) is 11.3 Å². The van der Waals surface area contributed by atoms with Gasteiger partial charge in [-0.1, -0.05) is 6.07 Å². The fourth-order valence-corrected chi connectivity index (χ4v) is 6.62. The Balaban J connectivity index is 1.29. The molecule has 2 heterocycles. The zero-order valence-electron chi connectivity index (χ0n) is 15.1. The van der Waals surface area contributed by atoms with E-state index < -0.39 is 0 Å². The second-order valence-corrected chi connectivity index (χ2v) is 9.60. The van der Waals surface area contributed by atoms with Gasteiger partial charge in [-0.25, -0.2) is 9.97 Å². The molecule has 0 aromatic carbocycles. The van der Waals surface area contributed by atoms with Gasteiger partial charge in [0, 0.05) is 17.0 Å². The van der Waals surface area contributed by atoms with Crippen LogP contribution in [0.2, 0.25) is 0 Å². The van der Waals surface area contributed by atoms with Crippen LogP contribution in [0.15, 0.2) is 23.8 Å². The molecule has 2 aromatic rings. The van der Waals surface area contributed by atoms with E-state index >= 15 is 0 Å². The summed E-state index contributed by atoms with van der Waals surface area (Å²) in [5.74, 6) is 4.28. The molecule has 0 unspecified atom stereocenters. The Morgan fingerprint density at radius 2 is 1.77 bits per heavy atom. The van der Waals surface area contributed by atoms with Crippen LogP contribution in [0, 0.1) is 17.8 Å². The lowest BCUT2D eigenvalue weighted by Gasteiger charge is -2.57. The topological polar surface area (TPSA) is 75.9 Å². The second-order valence-electron chi connectivity index (χ2n) is 8.56. The number of hydrogen-bond acceptors (Lipinski definition) is 6. The van der Waals surface area contributed by atoms with Crippen LogP contribution in [0.3, 0.4) is 0 Å². The first-order valence-electron chi connectivity index (χ1n) is 9.84. The number of nitrogen functional groups attached to an aromatic ring is 1. The molecular weight excluding hydrogens is 342 g/mol. The zero-order chi connectivity index (χ0) is 17.6. The first-order chi connectivity index (χ1) is 12.7. The van der Waals surface area contributed by atoms with Gasteiger partial charge >= 0.3 is 0 Å². The molecule has 4 fully saturated rings. The molecule has 0 radical (unpaired) electrons. The molecule has 0 amide bonds. The highest BCUT2D eigenvalue weighted by Crippen LogP contribution is 2.56. The Morgan fingerprint density at radius 1 is 1.08 bits per heavy atom. The van der Waals surface area contributed by atoms with E-state index in [0.29, 0.717) is 5.69 Å². The lowest BCUT2D eigenvalue weighted by molar-refractivity contribution is 0.0106. The van der Waals surface area contributed by atoms with Crippen molar-refractivity contribution in [3.8, 4) is 0 Å². The molecule has 0 spiro atoms. The molecule has 2 aromatic heterocycles. The maximum absolute atomic E-state index is 6.42. The normalized spacial score (nSPS) is 31.9. The maximum atomic E-state index is 6.42. The number of anilines is 3. The van der Waals surface area contributed by atoms with Crippen LogP contribution in [-0.4, -0.2) is 22.1 Å². The molecule has 4 aliphatic rings. The molecular formula is C20H27N5S. The number of rotatable bonds is 6. The van der Waals surface area contributed by atoms with Crippen molar-refractivity contribution in [2.75, 3.05) is 22.9 Å². The number of nitrogens with zero attached hydrogens (tertiary/aromatic N) is 2. The predicted octanol–water partition coefficient (Wildman–Crippen LogP) is 4.16. The molecule has 4 saturated carbocycles. The monoisotopic (exact) mass is 369 g/mol. The lowest BCUT2D eigenvalue weighted by Crippen LogP contribution is -2.55. The number of hydrogen-bond donors (Lipinski definition) is 3. The van der Waals surface area contributed by atoms with Crippen molar-refractivity contribution in [2.45, 2.75) is 50.5 Å². The first kappa shape index (κ1) is 16.4. The molecule has 138 valence electrons. The van der Waals surface area contributed by atoms with Crippen LogP contribution >= 0.6 is 11.3 Å². The molecule has 4 aliphatic carbocycles. The fraction of sp³-hybridized carbons (Fsp3) is 0.600. The Labute approximate surface area is 158 Å². The molecule has 5 nitrogen and oxygen atoms in total. The largest absolute Gasteiger partial charge is 0.393 e. The number of thiophene rings is 1. The van der Waals surface area contributed by atoms with Crippen LogP contribution in [0.4, 0.5) is 17.3 Å². The smallest absolute Gasteiger partial charge is 0.155 e. The Kier molecular flexibility index (Phi) is 4.03. The molecule has 6 heteroatoms. The van der Waals surface area contributed by atoms with Gasteiger partial charge in [-0.2, -0.15) is 0 Å². The van der Waals surface area contributed by atoms with Crippen LogP contribution in [0.25, 0.3) is 0 Å². The number of aromatic nitrogens is 2. The van der Waals surface area contributed by atoms with Crippen molar-refractivity contribution in [3.05, 3.63) is 28.7 Å². The van der Waals surface area contributed by atoms with E-state index in [1.165, 1.54) is 43.4 Å². The van der Waals surface area contributed by atoms with Gasteiger partial charge < -0.3 is 16.4 Å². The summed E-state index contributed by atoms with van der Waals surface area (Å²) in [6, 6.07) is 4.25. The fourth-order valence-electron chi connectivity index (χ4n) is 5.91. The Bertz CT molecular complexity index is 737. The average Bonchev–Trinajstić information content (AvgIpc) is 3.10. The van der Waals surface area contributed by atoms with E-state index in [1.54, 1.807) is 17.7 Å². The van der Waals surface area contributed by atoms with Crippen molar-refractivity contribution in [1.82, 2.24) is 9.97 Å². The highest BCUT2D eigenvalue weighted by Gasteiger charge is 2.51. The molecule has 0 saturated heterocycles. The lowest BCUT2D eigenvalue weighted by atomic mass is 9.53. The molecule has 0 atom stereocenters. The van der Waals surface area contributed by atoms with Gasteiger partial charge in [0.15, 0.2) is 11.6 Å². The zero-order valence-corrected chi connectivity index (χ0v) is 15.9. The number of nitrogens with one attached hydrogen (secondary N) is 2. The van der Waals surface area contributed by atoms with Gasteiger partial charge in [-0.05, 0) is 74.1 Å². The van der Waals surface area contributed by atoms with Gasteiger partial charge in [0.1, 0.15) is 12.0 Å². The van der Waals surface area contributed by atoms with Crippen LogP contribution in [-0.2, 0) is 6.42 Å². The average molecular weight is 370 g/mol. The van der Waals surface area contributed by atoms with Crippen molar-refractivity contribution in [3.63, 3.8) is 0 Å². The SMILES string of the molecule is Nc1c(NCCc2cccs2)ncnc1NC12CC3CC(CC(C3)C1)C2. The Hall–Kier alpha value is -1.82. The molecule has 26 heavy (non-hydrogen) atoms. The van der Waals surface area contributed by atoms with E-state index in [-0.39, 0.29) is 5.54 Å². The Morgan fingerprint density at radius 3 is 2.42 bits per heavy atom. The molecule has 0 aliphatic heterocycles. The van der Waals surface area contributed by atoms with Crippen molar-refractivity contribution >= 4 is 28.7 Å². The van der Waals surface area contributed by atoms with Gasteiger partial charge in [0.25, 0.3) is 0 Å². The van der Waals surface area contributed by atoms with Gasteiger partial charge in [-0.3, -0.25) is 0 Å². The number of nitrogens with two attached hydrogens (primary N) is 1. The third-order valence-electron chi connectivity index (χ3n) is 6.55. The van der Waals surface area contributed by atoms with Gasteiger partial charge in [0.2, 0.25) is 0 Å². The third kappa shape index (κ3) is 3.04. The van der Waals surface area contributed by atoms with E-state index in [2.05, 4.69) is 38.1 Å². The molecule has 4 bridgehead atoms.